The molecule has 1 saturated heterocycles. The number of rotatable bonds is 6. The quantitative estimate of drug-likeness (QED) is 0.789. The van der Waals surface area contributed by atoms with Crippen LogP contribution in [0.2, 0.25) is 0 Å². The van der Waals surface area contributed by atoms with Crippen molar-refractivity contribution in [2.75, 3.05) is 44.2 Å². The summed E-state index contributed by atoms with van der Waals surface area (Å²) in [5.41, 5.74) is -0.765. The van der Waals surface area contributed by atoms with Gasteiger partial charge in [-0.2, -0.15) is 4.37 Å². The number of aliphatic hydroxyl groups is 1. The smallest absolute Gasteiger partial charge is 0.270 e. The van der Waals surface area contributed by atoms with Crippen LogP contribution in [-0.2, 0) is 4.74 Å². The van der Waals surface area contributed by atoms with E-state index in [1.54, 1.807) is 20.8 Å². The van der Waals surface area contributed by atoms with E-state index >= 15 is 0 Å². The summed E-state index contributed by atoms with van der Waals surface area (Å²) in [5, 5.41) is 12.8. The van der Waals surface area contributed by atoms with Crippen LogP contribution in [0.1, 0.15) is 31.7 Å². The molecule has 0 unspecified atom stereocenters. The van der Waals surface area contributed by atoms with Crippen LogP contribution in [0.3, 0.4) is 0 Å². The van der Waals surface area contributed by atoms with Crippen molar-refractivity contribution in [2.24, 2.45) is 0 Å². The second-order valence-electron chi connectivity index (χ2n) is 5.28. The van der Waals surface area contributed by atoms with E-state index in [0.29, 0.717) is 11.7 Å². The van der Waals surface area contributed by atoms with Crippen LogP contribution in [-0.4, -0.2) is 64.8 Å². The van der Waals surface area contributed by atoms with Crippen LogP contribution in [0.25, 0.3) is 0 Å². The minimum atomic E-state index is -2.93. The fourth-order valence-electron chi connectivity index (χ4n) is 1.34. The Balaban J connectivity index is 2.24. The van der Waals surface area contributed by atoms with Crippen molar-refractivity contribution in [2.45, 2.75) is 32.4 Å². The van der Waals surface area contributed by atoms with Crippen molar-refractivity contribution in [3.8, 4) is 5.88 Å². The first-order valence-electron chi connectivity index (χ1n) is 10.3. The molecule has 1 aliphatic heterocycles. The number of hydrogen-bond acceptors (Lipinski definition) is 8. The third-order valence-electron chi connectivity index (χ3n) is 2.25. The maximum Gasteiger partial charge on any atom is 0.270 e. The molecule has 0 amide bonds. The standard InChI is InChI=1S/C13H24N4O3S/c1-13(2,3)14-8-10(18)9-20-12-11(15-21-16-12)17-4-6-19-7-5-17/h10,14,18H,4-9H2,1-3H3/t10-/m0/s1/i6D2,7D2,8D2,9D2. The highest BCUT2D eigenvalue weighted by atomic mass is 32.1. The summed E-state index contributed by atoms with van der Waals surface area (Å²) < 4.78 is 80.3. The summed E-state index contributed by atoms with van der Waals surface area (Å²) in [6, 6.07) is 0. The van der Waals surface area contributed by atoms with Crippen molar-refractivity contribution in [1.82, 2.24) is 14.1 Å². The van der Waals surface area contributed by atoms with E-state index < -0.39 is 56.8 Å². The Kier molecular flexibility index (Phi) is 3.01. The first-order valence-corrected chi connectivity index (χ1v) is 7.01. The van der Waals surface area contributed by atoms with Crippen molar-refractivity contribution in [3.63, 3.8) is 0 Å². The van der Waals surface area contributed by atoms with Gasteiger partial charge in [-0.1, -0.05) is 0 Å². The maximum atomic E-state index is 10.3. The van der Waals surface area contributed by atoms with Gasteiger partial charge in [0, 0.05) is 27.9 Å². The number of β-amino-alcohol motifs (C(OH)–C–C–N with tert-alkyl or cyclic N) is 1. The Morgan fingerprint density at radius 2 is 2.24 bits per heavy atom. The van der Waals surface area contributed by atoms with Crippen molar-refractivity contribution < 1.29 is 25.5 Å². The summed E-state index contributed by atoms with van der Waals surface area (Å²) in [5.74, 6) is -0.550. The highest BCUT2D eigenvalue weighted by Gasteiger charge is 2.21. The van der Waals surface area contributed by atoms with Gasteiger partial charge in [-0.15, -0.1) is 4.37 Å². The molecule has 1 aromatic rings. The lowest BCUT2D eigenvalue weighted by molar-refractivity contribution is 0.0975. The molecular formula is C13H24N4O3S. The molecule has 0 aromatic carbocycles. The average molecular weight is 324 g/mol. The zero-order valence-corrected chi connectivity index (χ0v) is 12.8. The Morgan fingerprint density at radius 1 is 1.52 bits per heavy atom. The largest absolute Gasteiger partial charge is 0.472 e. The molecule has 1 atom stereocenters. The molecule has 0 radical (unpaired) electrons. The predicted octanol–water partition coefficient (Wildman–Crippen LogP) is 0.502. The summed E-state index contributed by atoms with van der Waals surface area (Å²) in [7, 11) is 0. The van der Waals surface area contributed by atoms with Gasteiger partial charge in [-0.05, 0) is 20.8 Å². The van der Waals surface area contributed by atoms with E-state index in [4.69, 9.17) is 20.4 Å². The van der Waals surface area contributed by atoms with Crippen molar-refractivity contribution in [3.05, 3.63) is 0 Å². The van der Waals surface area contributed by atoms with E-state index in [9.17, 15) is 5.11 Å². The van der Waals surface area contributed by atoms with E-state index in [1.165, 1.54) is 0 Å². The molecule has 0 saturated carbocycles. The van der Waals surface area contributed by atoms with Crippen LogP contribution in [0, 0.1) is 0 Å². The number of aliphatic hydroxyl groups excluding tert-OH is 1. The summed E-state index contributed by atoms with van der Waals surface area (Å²) in [6.45, 7) is -6.04. The molecule has 1 fully saturated rings. The van der Waals surface area contributed by atoms with Crippen LogP contribution in [0.4, 0.5) is 5.82 Å². The zero-order valence-electron chi connectivity index (χ0n) is 20.0. The van der Waals surface area contributed by atoms with Gasteiger partial charge < -0.3 is 24.8 Å². The molecule has 7 nitrogen and oxygen atoms in total. The topological polar surface area (TPSA) is 79.7 Å². The summed E-state index contributed by atoms with van der Waals surface area (Å²) in [4.78, 5) is 1.16. The lowest BCUT2D eigenvalue weighted by atomic mass is 10.1. The molecule has 0 spiro atoms. The highest BCUT2D eigenvalue weighted by Crippen LogP contribution is 2.26. The lowest BCUT2D eigenvalue weighted by Crippen LogP contribution is -2.42. The second kappa shape index (κ2) is 7.35. The first kappa shape index (κ1) is 8.61. The molecule has 2 heterocycles. The maximum absolute atomic E-state index is 10.3. The average Bonchev–Trinajstić information content (AvgIpc) is 2.87. The Hall–Kier alpha value is -0.960. The summed E-state index contributed by atoms with van der Waals surface area (Å²) >= 11 is 0.620. The van der Waals surface area contributed by atoms with E-state index in [1.807, 2.05) is 0 Å². The highest BCUT2D eigenvalue weighted by molar-refractivity contribution is 6.99. The molecule has 2 N–H and O–H groups in total. The van der Waals surface area contributed by atoms with Crippen LogP contribution >= 0.6 is 11.7 Å². The molecule has 2 rings (SSSR count). The van der Waals surface area contributed by atoms with Crippen molar-refractivity contribution >= 4 is 17.5 Å². The third kappa shape index (κ3) is 5.39. The summed E-state index contributed by atoms with van der Waals surface area (Å²) in [6.07, 6.45) is -2.26. The molecule has 8 heteroatoms. The molecule has 0 bridgehead atoms. The van der Waals surface area contributed by atoms with Gasteiger partial charge in [-0.3, -0.25) is 0 Å². The Bertz CT molecular complexity index is 711. The number of hydrogen-bond donors (Lipinski definition) is 2. The van der Waals surface area contributed by atoms with Gasteiger partial charge >= 0.3 is 0 Å². The SMILES string of the molecule is [2H]C1([2H])CN(c2nsnc2OC([2H])([2H])[C@@H](O)C([2H])([2H])NC(C)(C)C)CC([2H])([2H])O1. The molecule has 0 aliphatic carbocycles. The molecule has 1 aromatic heterocycles. The first-order chi connectivity index (χ1) is 12.8. The molecular weight excluding hydrogens is 292 g/mol. The number of nitrogens with one attached hydrogen (secondary N) is 1. The number of ether oxygens (including phenoxy) is 2. The predicted molar refractivity (Wildman–Crippen MR) is 82.2 cm³/mol. The van der Waals surface area contributed by atoms with Crippen LogP contribution in [0.15, 0.2) is 0 Å². The second-order valence-corrected chi connectivity index (χ2v) is 5.81. The molecule has 1 aliphatic rings. The zero-order chi connectivity index (χ0) is 22.5. The molecule has 120 valence electrons. The van der Waals surface area contributed by atoms with Gasteiger partial charge in [0.05, 0.1) is 33.1 Å². The van der Waals surface area contributed by atoms with Gasteiger partial charge in [-0.25, -0.2) is 0 Å². The Labute approximate surface area is 140 Å². The van der Waals surface area contributed by atoms with E-state index in [0.717, 1.165) is 4.90 Å². The van der Waals surface area contributed by atoms with E-state index in [2.05, 4.69) is 14.1 Å². The minimum absolute atomic E-state index is 0.133. The van der Waals surface area contributed by atoms with Crippen molar-refractivity contribution in [1.29, 1.82) is 0 Å². The Morgan fingerprint density at radius 3 is 2.90 bits per heavy atom. The number of nitrogens with zero attached hydrogens (tertiary/aromatic N) is 3. The van der Waals surface area contributed by atoms with Gasteiger partial charge in [0.2, 0.25) is 5.82 Å². The monoisotopic (exact) mass is 324 g/mol. The normalized spacial score (nSPS) is 29.6. The third-order valence-corrected chi connectivity index (χ3v) is 2.75. The fraction of sp³-hybridized carbons (Fsp3) is 0.846. The molecule has 21 heavy (non-hydrogen) atoms. The lowest BCUT2D eigenvalue weighted by Gasteiger charge is -2.27. The van der Waals surface area contributed by atoms with Gasteiger partial charge in [0.25, 0.3) is 5.88 Å². The van der Waals surface area contributed by atoms with Crippen LogP contribution in [0.5, 0.6) is 5.88 Å². The number of aromatic nitrogens is 2. The minimum Gasteiger partial charge on any atom is -0.472 e. The van der Waals surface area contributed by atoms with Gasteiger partial charge in [0.15, 0.2) is 0 Å². The van der Waals surface area contributed by atoms with Crippen LogP contribution < -0.4 is 15.0 Å². The number of anilines is 1. The number of morpholine rings is 1. The fourth-order valence-corrected chi connectivity index (χ4v) is 1.84. The van der Waals surface area contributed by atoms with Gasteiger partial charge in [0.1, 0.15) is 12.7 Å². The van der Waals surface area contributed by atoms with E-state index in [-0.39, 0.29) is 5.82 Å².